The van der Waals surface area contributed by atoms with Crippen molar-refractivity contribution < 1.29 is 9.53 Å². The zero-order chi connectivity index (χ0) is 10.0. The van der Waals surface area contributed by atoms with Gasteiger partial charge >= 0.3 is 0 Å². The van der Waals surface area contributed by atoms with Crippen molar-refractivity contribution in [2.75, 3.05) is 39.9 Å². The van der Waals surface area contributed by atoms with Gasteiger partial charge in [-0.25, -0.2) is 0 Å². The van der Waals surface area contributed by atoms with Crippen LogP contribution in [-0.4, -0.2) is 50.7 Å². The van der Waals surface area contributed by atoms with E-state index in [4.69, 9.17) is 4.74 Å². The number of hydrogen-bond donors (Lipinski definition) is 1. The summed E-state index contributed by atoms with van der Waals surface area (Å²) in [6.45, 7) is 4.23. The summed E-state index contributed by atoms with van der Waals surface area (Å²) in [7, 11) is 1.57. The molecule has 2 aliphatic rings. The Morgan fingerprint density at radius 2 is 2.43 bits per heavy atom. The third-order valence-corrected chi connectivity index (χ3v) is 3.39. The van der Waals surface area contributed by atoms with E-state index in [1.807, 2.05) is 4.90 Å². The van der Waals surface area contributed by atoms with Crippen LogP contribution in [0, 0.1) is 5.41 Å². The Labute approximate surface area is 84.6 Å². The predicted octanol–water partition coefficient (Wildman–Crippen LogP) is -0.155. The van der Waals surface area contributed by atoms with Crippen LogP contribution in [0.25, 0.3) is 0 Å². The molecule has 2 aliphatic heterocycles. The van der Waals surface area contributed by atoms with Gasteiger partial charge in [-0.3, -0.25) is 4.79 Å². The number of carbonyl (C=O) groups is 1. The van der Waals surface area contributed by atoms with Gasteiger partial charge in [0.15, 0.2) is 0 Å². The summed E-state index contributed by atoms with van der Waals surface area (Å²) in [4.78, 5) is 13.5. The molecule has 0 aromatic heterocycles. The summed E-state index contributed by atoms with van der Waals surface area (Å²) in [5.41, 5.74) is 0.378. The zero-order valence-corrected chi connectivity index (χ0v) is 8.71. The van der Waals surface area contributed by atoms with Crippen molar-refractivity contribution in [3.05, 3.63) is 0 Å². The molecule has 1 spiro atoms. The fourth-order valence-corrected chi connectivity index (χ4v) is 2.51. The second-order valence-electron chi connectivity index (χ2n) is 4.43. The van der Waals surface area contributed by atoms with Crippen LogP contribution in [0.4, 0.5) is 0 Å². The maximum atomic E-state index is 11.6. The van der Waals surface area contributed by atoms with Gasteiger partial charge in [0, 0.05) is 32.2 Å². The molecule has 0 saturated carbocycles. The monoisotopic (exact) mass is 198 g/mol. The molecule has 4 heteroatoms. The Morgan fingerprint density at radius 1 is 1.57 bits per heavy atom. The average Bonchev–Trinajstić information content (AvgIpc) is 2.78. The quantitative estimate of drug-likeness (QED) is 0.670. The third kappa shape index (κ3) is 1.77. The van der Waals surface area contributed by atoms with Crippen LogP contribution in [0.1, 0.15) is 12.8 Å². The number of likely N-dealkylation sites (tertiary alicyclic amines) is 1. The summed E-state index contributed by atoms with van der Waals surface area (Å²) in [5.74, 6) is 0.135. The van der Waals surface area contributed by atoms with Gasteiger partial charge in [-0.15, -0.1) is 0 Å². The minimum absolute atomic E-state index is 0.135. The molecule has 0 radical (unpaired) electrons. The number of nitrogens with one attached hydrogen (secondary N) is 1. The standard InChI is InChI=1S/C10H18N2O2/c1-14-6-9(13)12-5-3-10(8-12)2-4-11-7-10/h11H,2-8H2,1H3/t10-/m0/s1. The van der Waals surface area contributed by atoms with E-state index >= 15 is 0 Å². The fraction of sp³-hybridized carbons (Fsp3) is 0.900. The van der Waals surface area contributed by atoms with Crippen LogP contribution in [0.3, 0.4) is 0 Å². The maximum Gasteiger partial charge on any atom is 0.248 e. The van der Waals surface area contributed by atoms with Crippen molar-refractivity contribution in [2.45, 2.75) is 12.8 Å². The lowest BCUT2D eigenvalue weighted by molar-refractivity contribution is -0.134. The highest BCUT2D eigenvalue weighted by atomic mass is 16.5. The van der Waals surface area contributed by atoms with E-state index in [9.17, 15) is 4.79 Å². The number of rotatable bonds is 2. The highest BCUT2D eigenvalue weighted by Gasteiger charge is 2.41. The molecule has 0 aromatic carbocycles. The second-order valence-corrected chi connectivity index (χ2v) is 4.43. The molecule has 1 amide bonds. The van der Waals surface area contributed by atoms with Crippen molar-refractivity contribution in [1.29, 1.82) is 0 Å². The summed E-state index contributed by atoms with van der Waals surface area (Å²) in [5, 5.41) is 3.38. The normalized spacial score (nSPS) is 31.6. The summed E-state index contributed by atoms with van der Waals surface area (Å²) < 4.78 is 4.86. The van der Waals surface area contributed by atoms with Crippen molar-refractivity contribution in [3.63, 3.8) is 0 Å². The largest absolute Gasteiger partial charge is 0.375 e. The number of methoxy groups -OCH3 is 1. The lowest BCUT2D eigenvalue weighted by atomic mass is 9.87. The number of nitrogens with zero attached hydrogens (tertiary/aromatic N) is 1. The first-order valence-electron chi connectivity index (χ1n) is 5.23. The third-order valence-electron chi connectivity index (χ3n) is 3.39. The van der Waals surface area contributed by atoms with Crippen molar-refractivity contribution in [2.24, 2.45) is 5.41 Å². The molecule has 0 aromatic rings. The molecule has 80 valence electrons. The van der Waals surface area contributed by atoms with E-state index in [1.54, 1.807) is 7.11 Å². The zero-order valence-electron chi connectivity index (χ0n) is 8.71. The summed E-state index contributed by atoms with van der Waals surface area (Å²) in [6.07, 6.45) is 2.36. The van der Waals surface area contributed by atoms with E-state index in [0.717, 1.165) is 32.6 Å². The van der Waals surface area contributed by atoms with E-state index in [-0.39, 0.29) is 12.5 Å². The van der Waals surface area contributed by atoms with Crippen LogP contribution in [0.5, 0.6) is 0 Å². The van der Waals surface area contributed by atoms with Gasteiger partial charge < -0.3 is 15.0 Å². The van der Waals surface area contributed by atoms with E-state index in [2.05, 4.69) is 5.32 Å². The average molecular weight is 198 g/mol. The summed E-state index contributed by atoms with van der Waals surface area (Å²) >= 11 is 0. The lowest BCUT2D eigenvalue weighted by Crippen LogP contribution is -2.35. The van der Waals surface area contributed by atoms with Gasteiger partial charge in [0.2, 0.25) is 5.91 Å². The molecule has 1 atom stereocenters. The molecule has 14 heavy (non-hydrogen) atoms. The molecule has 0 unspecified atom stereocenters. The van der Waals surface area contributed by atoms with E-state index < -0.39 is 0 Å². The van der Waals surface area contributed by atoms with Crippen LogP contribution < -0.4 is 5.32 Å². The minimum Gasteiger partial charge on any atom is -0.375 e. The first-order chi connectivity index (χ1) is 6.76. The van der Waals surface area contributed by atoms with E-state index in [1.165, 1.54) is 6.42 Å². The van der Waals surface area contributed by atoms with Crippen LogP contribution >= 0.6 is 0 Å². The van der Waals surface area contributed by atoms with Crippen LogP contribution in [0.15, 0.2) is 0 Å². The van der Waals surface area contributed by atoms with Crippen molar-refractivity contribution >= 4 is 5.91 Å². The van der Waals surface area contributed by atoms with Gasteiger partial charge in [-0.05, 0) is 19.4 Å². The smallest absolute Gasteiger partial charge is 0.248 e. The Hall–Kier alpha value is -0.610. The molecular formula is C10H18N2O2. The van der Waals surface area contributed by atoms with Gasteiger partial charge in [-0.1, -0.05) is 0 Å². The Morgan fingerprint density at radius 3 is 3.07 bits per heavy atom. The van der Waals surface area contributed by atoms with Gasteiger partial charge in [0.25, 0.3) is 0 Å². The molecule has 4 nitrogen and oxygen atoms in total. The highest BCUT2D eigenvalue weighted by Crippen LogP contribution is 2.35. The Kier molecular flexibility index (Phi) is 2.74. The molecule has 1 N–H and O–H groups in total. The highest BCUT2D eigenvalue weighted by molar-refractivity contribution is 5.77. The molecule has 0 aliphatic carbocycles. The SMILES string of the molecule is COCC(=O)N1CC[C@]2(CCNC2)C1. The minimum atomic E-state index is 0.135. The molecular weight excluding hydrogens is 180 g/mol. The van der Waals surface area contributed by atoms with E-state index in [0.29, 0.717) is 5.41 Å². The van der Waals surface area contributed by atoms with Gasteiger partial charge in [0.1, 0.15) is 6.61 Å². The number of amides is 1. The first kappa shape index (κ1) is 9.93. The van der Waals surface area contributed by atoms with Crippen molar-refractivity contribution in [3.8, 4) is 0 Å². The van der Waals surface area contributed by atoms with Gasteiger partial charge in [-0.2, -0.15) is 0 Å². The molecule has 2 heterocycles. The number of carbonyl (C=O) groups excluding carboxylic acids is 1. The Bertz CT molecular complexity index is 224. The number of ether oxygens (including phenoxy) is 1. The van der Waals surface area contributed by atoms with Gasteiger partial charge in [0.05, 0.1) is 0 Å². The topological polar surface area (TPSA) is 41.6 Å². The molecule has 2 saturated heterocycles. The lowest BCUT2D eigenvalue weighted by Gasteiger charge is -2.22. The summed E-state index contributed by atoms with van der Waals surface area (Å²) in [6, 6.07) is 0. The van der Waals surface area contributed by atoms with Crippen LogP contribution in [-0.2, 0) is 9.53 Å². The molecule has 2 rings (SSSR count). The predicted molar refractivity (Wildman–Crippen MR) is 53.0 cm³/mol. The second kappa shape index (κ2) is 3.87. The number of hydrogen-bond acceptors (Lipinski definition) is 3. The first-order valence-corrected chi connectivity index (χ1v) is 5.23. The fourth-order valence-electron chi connectivity index (χ4n) is 2.51. The molecule has 0 bridgehead atoms. The van der Waals surface area contributed by atoms with Crippen molar-refractivity contribution in [1.82, 2.24) is 10.2 Å². The van der Waals surface area contributed by atoms with Crippen LogP contribution in [0.2, 0.25) is 0 Å². The Balaban J connectivity index is 1.90. The molecule has 2 fully saturated rings. The maximum absolute atomic E-state index is 11.6.